The number of carbonyl (C=O) groups is 1. The van der Waals surface area contributed by atoms with Crippen LogP contribution in [-0.4, -0.2) is 15.6 Å². The first kappa shape index (κ1) is 16.5. The van der Waals surface area contributed by atoms with Gasteiger partial charge in [-0.25, -0.2) is 0 Å². The van der Waals surface area contributed by atoms with E-state index >= 15 is 0 Å². The molecule has 0 amide bonds. The molecule has 126 valence electrons. The van der Waals surface area contributed by atoms with Crippen LogP contribution in [0.2, 0.25) is 10.0 Å². The van der Waals surface area contributed by atoms with Crippen molar-refractivity contribution in [1.82, 2.24) is 4.57 Å². The summed E-state index contributed by atoms with van der Waals surface area (Å²) >= 11 is 14.0. The minimum atomic E-state index is -0.884. The van der Waals surface area contributed by atoms with E-state index in [0.29, 0.717) is 10.0 Å². The molecule has 0 bridgehead atoms. The summed E-state index contributed by atoms with van der Waals surface area (Å²) in [6.45, 7) is 1.84. The molecule has 6 heteroatoms. The van der Waals surface area contributed by atoms with Gasteiger partial charge in [0.1, 0.15) is 6.54 Å². The predicted octanol–water partition coefficient (Wildman–Crippen LogP) is 6.22. The number of aliphatic carboxylic acids is 1. The normalized spacial score (nSPS) is 11.5. The number of rotatable bonds is 3. The number of aromatic nitrogens is 1. The average Bonchev–Trinajstić information content (AvgIpc) is 3.07. The van der Waals surface area contributed by atoms with Crippen molar-refractivity contribution < 1.29 is 9.90 Å². The van der Waals surface area contributed by atoms with E-state index in [1.165, 1.54) is 0 Å². The molecule has 25 heavy (non-hydrogen) atoms. The Kier molecular flexibility index (Phi) is 3.99. The molecule has 0 saturated carbocycles. The largest absolute Gasteiger partial charge is 0.480 e. The van der Waals surface area contributed by atoms with Crippen LogP contribution >= 0.6 is 34.5 Å². The SMILES string of the molecule is Cc1c(-c2csc3ccc(Cl)cc23)c2ccc(Cl)cc2n1CC(=O)O. The molecule has 0 fully saturated rings. The number of thiophene rings is 1. The van der Waals surface area contributed by atoms with Gasteiger partial charge in [-0.1, -0.05) is 29.3 Å². The second-order valence-corrected chi connectivity index (χ2v) is 7.68. The van der Waals surface area contributed by atoms with Crippen molar-refractivity contribution in [2.24, 2.45) is 0 Å². The Balaban J connectivity index is 2.08. The lowest BCUT2D eigenvalue weighted by Gasteiger charge is -2.05. The van der Waals surface area contributed by atoms with E-state index in [0.717, 1.165) is 37.8 Å². The predicted molar refractivity (Wildman–Crippen MR) is 105 cm³/mol. The summed E-state index contributed by atoms with van der Waals surface area (Å²) in [5, 5.41) is 14.7. The van der Waals surface area contributed by atoms with Crippen LogP contribution in [0.4, 0.5) is 0 Å². The topological polar surface area (TPSA) is 42.2 Å². The summed E-state index contributed by atoms with van der Waals surface area (Å²) in [5.74, 6) is -0.884. The first-order chi connectivity index (χ1) is 12.0. The van der Waals surface area contributed by atoms with Gasteiger partial charge in [0.25, 0.3) is 0 Å². The van der Waals surface area contributed by atoms with Gasteiger partial charge in [-0.3, -0.25) is 4.79 Å². The van der Waals surface area contributed by atoms with Gasteiger partial charge >= 0.3 is 5.97 Å². The zero-order valence-corrected chi connectivity index (χ0v) is 15.5. The summed E-state index contributed by atoms with van der Waals surface area (Å²) < 4.78 is 2.94. The van der Waals surface area contributed by atoms with Crippen LogP contribution in [0.25, 0.3) is 32.1 Å². The summed E-state index contributed by atoms with van der Waals surface area (Å²) in [6, 6.07) is 11.4. The summed E-state index contributed by atoms with van der Waals surface area (Å²) in [6.07, 6.45) is 0. The fourth-order valence-electron chi connectivity index (χ4n) is 3.32. The molecule has 0 saturated heterocycles. The highest BCUT2D eigenvalue weighted by atomic mass is 35.5. The third-order valence-corrected chi connectivity index (χ3v) is 5.82. The van der Waals surface area contributed by atoms with Crippen molar-refractivity contribution in [1.29, 1.82) is 0 Å². The molecular formula is C19H13Cl2NO2S. The highest BCUT2D eigenvalue weighted by Gasteiger charge is 2.20. The molecule has 2 aromatic heterocycles. The van der Waals surface area contributed by atoms with Crippen molar-refractivity contribution >= 4 is 61.5 Å². The molecule has 0 aliphatic carbocycles. The van der Waals surface area contributed by atoms with Crippen LogP contribution < -0.4 is 0 Å². The number of halogens is 2. The maximum Gasteiger partial charge on any atom is 0.323 e. The summed E-state index contributed by atoms with van der Waals surface area (Å²) in [7, 11) is 0. The van der Waals surface area contributed by atoms with Crippen LogP contribution in [0, 0.1) is 6.92 Å². The Bertz CT molecular complexity index is 1140. The molecule has 0 aliphatic rings. The van der Waals surface area contributed by atoms with Crippen molar-refractivity contribution in [3.63, 3.8) is 0 Å². The van der Waals surface area contributed by atoms with E-state index in [1.54, 1.807) is 15.9 Å². The van der Waals surface area contributed by atoms with E-state index in [2.05, 4.69) is 5.38 Å². The Morgan fingerprint density at radius 3 is 2.60 bits per heavy atom. The Morgan fingerprint density at radius 1 is 1.12 bits per heavy atom. The van der Waals surface area contributed by atoms with Gasteiger partial charge in [0.15, 0.2) is 0 Å². The van der Waals surface area contributed by atoms with E-state index < -0.39 is 5.97 Å². The Morgan fingerprint density at radius 2 is 1.84 bits per heavy atom. The molecule has 0 spiro atoms. The van der Waals surface area contributed by atoms with Gasteiger partial charge in [0.2, 0.25) is 0 Å². The number of carboxylic acid groups (broad SMARTS) is 1. The van der Waals surface area contributed by atoms with Crippen molar-refractivity contribution in [2.45, 2.75) is 13.5 Å². The molecular weight excluding hydrogens is 377 g/mol. The minimum absolute atomic E-state index is 0.106. The van der Waals surface area contributed by atoms with Gasteiger partial charge in [-0.05, 0) is 42.6 Å². The zero-order chi connectivity index (χ0) is 17.7. The van der Waals surface area contributed by atoms with E-state index in [1.807, 2.05) is 43.3 Å². The van der Waals surface area contributed by atoms with Gasteiger partial charge in [-0.2, -0.15) is 0 Å². The number of benzene rings is 2. The van der Waals surface area contributed by atoms with Gasteiger partial charge in [0, 0.05) is 42.3 Å². The summed E-state index contributed by atoms with van der Waals surface area (Å²) in [5.41, 5.74) is 3.82. The second-order valence-electron chi connectivity index (χ2n) is 5.89. The van der Waals surface area contributed by atoms with Crippen LogP contribution in [0.15, 0.2) is 41.8 Å². The first-order valence-electron chi connectivity index (χ1n) is 7.63. The highest BCUT2D eigenvalue weighted by molar-refractivity contribution is 7.17. The monoisotopic (exact) mass is 389 g/mol. The van der Waals surface area contributed by atoms with Crippen LogP contribution in [0.5, 0.6) is 0 Å². The molecule has 0 radical (unpaired) electrons. The quantitative estimate of drug-likeness (QED) is 0.451. The molecule has 4 aromatic rings. The van der Waals surface area contributed by atoms with Crippen LogP contribution in [-0.2, 0) is 11.3 Å². The maximum atomic E-state index is 11.3. The number of hydrogen-bond donors (Lipinski definition) is 1. The van der Waals surface area contributed by atoms with E-state index in [9.17, 15) is 9.90 Å². The number of fused-ring (bicyclic) bond motifs is 2. The lowest BCUT2D eigenvalue weighted by molar-refractivity contribution is -0.137. The number of nitrogens with zero attached hydrogens (tertiary/aromatic N) is 1. The van der Waals surface area contributed by atoms with Crippen molar-refractivity contribution in [3.05, 3.63) is 57.5 Å². The van der Waals surface area contributed by atoms with Crippen LogP contribution in [0.3, 0.4) is 0 Å². The fourth-order valence-corrected chi connectivity index (χ4v) is 4.59. The first-order valence-corrected chi connectivity index (χ1v) is 9.26. The molecule has 3 nitrogen and oxygen atoms in total. The van der Waals surface area contributed by atoms with E-state index in [4.69, 9.17) is 23.2 Å². The lowest BCUT2D eigenvalue weighted by atomic mass is 10.0. The van der Waals surface area contributed by atoms with Crippen molar-refractivity contribution in [3.8, 4) is 11.1 Å². The molecule has 0 aliphatic heterocycles. The molecule has 2 heterocycles. The maximum absolute atomic E-state index is 11.3. The smallest absolute Gasteiger partial charge is 0.323 e. The number of carboxylic acids is 1. The van der Waals surface area contributed by atoms with Crippen LogP contribution in [0.1, 0.15) is 5.69 Å². The Labute approximate surface area is 158 Å². The minimum Gasteiger partial charge on any atom is -0.480 e. The third-order valence-electron chi connectivity index (χ3n) is 4.38. The average molecular weight is 390 g/mol. The van der Waals surface area contributed by atoms with Crippen molar-refractivity contribution in [2.75, 3.05) is 0 Å². The Hall–Kier alpha value is -2.01. The second kappa shape index (κ2) is 6.06. The molecule has 2 aromatic carbocycles. The molecule has 4 rings (SSSR count). The third kappa shape index (κ3) is 2.71. The lowest BCUT2D eigenvalue weighted by Crippen LogP contribution is -2.09. The van der Waals surface area contributed by atoms with Gasteiger partial charge < -0.3 is 9.67 Å². The molecule has 0 atom stereocenters. The molecule has 1 N–H and O–H groups in total. The summed E-state index contributed by atoms with van der Waals surface area (Å²) in [4.78, 5) is 11.3. The number of hydrogen-bond acceptors (Lipinski definition) is 2. The van der Waals surface area contributed by atoms with Gasteiger partial charge in [-0.15, -0.1) is 11.3 Å². The highest BCUT2D eigenvalue weighted by Crippen LogP contribution is 2.42. The standard InChI is InChI=1S/C19H13Cl2NO2S/c1-10-19(15-9-25-17-5-3-11(20)6-14(15)17)13-4-2-12(21)7-16(13)22(10)8-18(23)24/h2-7,9H,8H2,1H3,(H,23,24). The zero-order valence-electron chi connectivity index (χ0n) is 13.2. The van der Waals surface area contributed by atoms with Gasteiger partial charge in [0.05, 0.1) is 5.52 Å². The molecule has 0 unspecified atom stereocenters. The fraction of sp³-hybridized carbons (Fsp3) is 0.105. The van der Waals surface area contributed by atoms with E-state index in [-0.39, 0.29) is 6.54 Å².